The molecule has 6 nitrogen and oxygen atoms in total. The van der Waals surface area contributed by atoms with Crippen molar-refractivity contribution < 1.29 is 28.4 Å². The van der Waals surface area contributed by atoms with Gasteiger partial charge in [0.15, 0.2) is 11.5 Å². The Kier molecular flexibility index (Phi) is 5.63. The summed E-state index contributed by atoms with van der Waals surface area (Å²) < 4.78 is 17.9. The Balaban J connectivity index is 1.85. The summed E-state index contributed by atoms with van der Waals surface area (Å²) in [5.74, 6) is 0.754. The lowest BCUT2D eigenvalue weighted by molar-refractivity contribution is -0.607. The maximum atomic E-state index is 12.8. The van der Waals surface area contributed by atoms with Gasteiger partial charge in [-0.15, -0.1) is 4.57 Å². The predicted octanol–water partition coefficient (Wildman–Crippen LogP) is 2.95. The standard InChI is InChI=1S/C18H18NO5S2/c1-4-24-16(20)9-12-10-25-18-19(12)17(21)15(26-18)8-11-5-6-13(22-2)14(7-11)23-3/h5-8,10H,4,9H2,1-3H3/q+1/b15-8-. The molecule has 2 heterocycles. The number of hydrogen-bond donors (Lipinski definition) is 0. The fraction of sp³-hybridized carbons (Fsp3) is 0.278. The van der Waals surface area contributed by atoms with E-state index >= 15 is 0 Å². The van der Waals surface area contributed by atoms with Crippen LogP contribution >= 0.6 is 23.1 Å². The van der Waals surface area contributed by atoms with E-state index < -0.39 is 0 Å². The SMILES string of the molecule is CCOC(=O)Cc1csc2[n+]1C(=O)/C(=C/c1ccc(OC)c(OC)c1)S2. The molecule has 0 atom stereocenters. The first kappa shape index (κ1) is 18.5. The van der Waals surface area contributed by atoms with E-state index in [-0.39, 0.29) is 18.3 Å². The van der Waals surface area contributed by atoms with E-state index in [2.05, 4.69) is 0 Å². The second-order valence-corrected chi connectivity index (χ2v) is 7.49. The highest BCUT2D eigenvalue weighted by Crippen LogP contribution is 2.37. The first-order chi connectivity index (χ1) is 12.6. The van der Waals surface area contributed by atoms with E-state index in [0.717, 1.165) is 9.90 Å². The number of rotatable bonds is 6. The monoisotopic (exact) mass is 392 g/mol. The average Bonchev–Trinajstić information content (AvgIpc) is 3.16. The van der Waals surface area contributed by atoms with Crippen LogP contribution < -0.4 is 14.0 Å². The molecule has 0 unspecified atom stereocenters. The summed E-state index contributed by atoms with van der Waals surface area (Å²) in [7, 11) is 3.14. The van der Waals surface area contributed by atoms with Crippen LogP contribution in [0.3, 0.4) is 0 Å². The van der Waals surface area contributed by atoms with Crippen LogP contribution in [0.4, 0.5) is 0 Å². The molecule has 26 heavy (non-hydrogen) atoms. The Morgan fingerprint density at radius 1 is 1.23 bits per heavy atom. The lowest BCUT2D eigenvalue weighted by Gasteiger charge is -2.07. The van der Waals surface area contributed by atoms with Gasteiger partial charge in [0.1, 0.15) is 11.3 Å². The molecule has 3 rings (SSSR count). The van der Waals surface area contributed by atoms with E-state index in [1.54, 1.807) is 31.8 Å². The second-order valence-electron chi connectivity index (χ2n) is 5.34. The van der Waals surface area contributed by atoms with Gasteiger partial charge in [-0.1, -0.05) is 17.4 Å². The lowest BCUT2D eigenvalue weighted by Crippen LogP contribution is -2.43. The zero-order valence-electron chi connectivity index (χ0n) is 14.6. The zero-order valence-corrected chi connectivity index (χ0v) is 16.2. The molecule has 0 radical (unpaired) electrons. The number of esters is 1. The van der Waals surface area contributed by atoms with Gasteiger partial charge in [-0.3, -0.25) is 4.79 Å². The topological polar surface area (TPSA) is 65.7 Å². The van der Waals surface area contributed by atoms with Crippen molar-refractivity contribution in [3.05, 3.63) is 39.7 Å². The molecular weight excluding hydrogens is 374 g/mol. The third kappa shape index (κ3) is 3.61. The lowest BCUT2D eigenvalue weighted by atomic mass is 10.2. The summed E-state index contributed by atoms with van der Waals surface area (Å²) in [6, 6.07) is 5.47. The smallest absolute Gasteiger partial charge is 0.433 e. The summed E-state index contributed by atoms with van der Waals surface area (Å²) in [5.41, 5.74) is 1.48. The number of allylic oxidation sites excluding steroid dienone is 1. The number of thioether (sulfide) groups is 1. The number of aromatic nitrogens is 1. The van der Waals surface area contributed by atoms with Crippen LogP contribution in [0, 0.1) is 0 Å². The molecule has 1 aliphatic rings. The van der Waals surface area contributed by atoms with Gasteiger partial charge < -0.3 is 14.2 Å². The molecule has 0 saturated carbocycles. The summed E-state index contributed by atoms with van der Waals surface area (Å²) in [4.78, 5) is 25.1. The van der Waals surface area contributed by atoms with Gasteiger partial charge in [0.2, 0.25) is 5.69 Å². The Hall–Kier alpha value is -2.32. The minimum atomic E-state index is -0.337. The normalized spacial score (nSPS) is 14.4. The van der Waals surface area contributed by atoms with Gasteiger partial charge in [-0.2, -0.15) is 0 Å². The largest absolute Gasteiger partial charge is 0.493 e. The first-order valence-corrected chi connectivity index (χ1v) is 9.61. The number of fused-ring (bicyclic) bond motifs is 1. The third-order valence-corrected chi connectivity index (χ3v) is 5.90. The number of thiazole rings is 1. The van der Waals surface area contributed by atoms with Crippen molar-refractivity contribution >= 4 is 41.1 Å². The van der Waals surface area contributed by atoms with Crippen molar-refractivity contribution in [2.24, 2.45) is 0 Å². The third-order valence-electron chi connectivity index (χ3n) is 3.71. The summed E-state index contributed by atoms with van der Waals surface area (Å²) in [5, 5.41) is 1.82. The summed E-state index contributed by atoms with van der Waals surface area (Å²) in [6.45, 7) is 2.08. The molecule has 2 aromatic rings. The van der Waals surface area contributed by atoms with Gasteiger partial charge in [0, 0.05) is 11.8 Å². The molecule has 0 aliphatic carbocycles. The fourth-order valence-corrected chi connectivity index (χ4v) is 4.73. The molecule has 0 saturated heterocycles. The quantitative estimate of drug-likeness (QED) is 0.428. The highest BCUT2D eigenvalue weighted by molar-refractivity contribution is 8.05. The van der Waals surface area contributed by atoms with E-state index in [0.29, 0.717) is 28.7 Å². The molecule has 1 aromatic carbocycles. The molecule has 136 valence electrons. The molecule has 1 aromatic heterocycles. The number of methoxy groups -OCH3 is 2. The Morgan fingerprint density at radius 3 is 2.69 bits per heavy atom. The van der Waals surface area contributed by atoms with Crippen molar-refractivity contribution in [1.82, 2.24) is 0 Å². The van der Waals surface area contributed by atoms with Crippen molar-refractivity contribution in [3.8, 4) is 11.5 Å². The number of carbonyl (C=O) groups is 2. The van der Waals surface area contributed by atoms with Crippen LogP contribution in [0.15, 0.2) is 32.8 Å². The molecule has 0 fully saturated rings. The number of benzene rings is 1. The minimum Gasteiger partial charge on any atom is -0.493 e. The highest BCUT2D eigenvalue weighted by Gasteiger charge is 2.40. The zero-order chi connectivity index (χ0) is 18.7. The summed E-state index contributed by atoms with van der Waals surface area (Å²) >= 11 is 2.83. The molecule has 1 aliphatic heterocycles. The molecule has 0 N–H and O–H groups in total. The second kappa shape index (κ2) is 7.92. The Bertz CT molecular complexity index is 888. The Labute approximate surface area is 159 Å². The van der Waals surface area contributed by atoms with Crippen molar-refractivity contribution in [3.63, 3.8) is 0 Å². The highest BCUT2D eigenvalue weighted by atomic mass is 32.2. The fourth-order valence-electron chi connectivity index (χ4n) is 2.54. The molecule has 8 heteroatoms. The van der Waals surface area contributed by atoms with Crippen LogP contribution in [0.5, 0.6) is 11.5 Å². The van der Waals surface area contributed by atoms with Crippen LogP contribution in [0.1, 0.15) is 23.0 Å². The molecule has 0 amide bonds. The number of hydrogen-bond acceptors (Lipinski definition) is 7. The number of carbonyl (C=O) groups excluding carboxylic acids is 2. The summed E-state index contributed by atoms with van der Waals surface area (Å²) in [6.07, 6.45) is 1.89. The van der Waals surface area contributed by atoms with Crippen LogP contribution in [0.2, 0.25) is 0 Å². The van der Waals surface area contributed by atoms with Crippen molar-refractivity contribution in [2.45, 2.75) is 17.7 Å². The van der Waals surface area contributed by atoms with E-state index in [9.17, 15) is 9.59 Å². The van der Waals surface area contributed by atoms with Gasteiger partial charge in [0.05, 0.1) is 26.2 Å². The van der Waals surface area contributed by atoms with Crippen molar-refractivity contribution in [2.75, 3.05) is 20.8 Å². The number of nitrogens with zero attached hydrogens (tertiary/aromatic N) is 1. The van der Waals surface area contributed by atoms with Gasteiger partial charge >= 0.3 is 16.2 Å². The van der Waals surface area contributed by atoms with E-state index in [1.807, 2.05) is 23.6 Å². The average molecular weight is 392 g/mol. The van der Waals surface area contributed by atoms with E-state index in [1.165, 1.54) is 23.1 Å². The maximum Gasteiger partial charge on any atom is 0.433 e. The van der Waals surface area contributed by atoms with Crippen LogP contribution in [0.25, 0.3) is 6.08 Å². The molecular formula is C18H18NO5S2+. The maximum absolute atomic E-state index is 12.8. The van der Waals surface area contributed by atoms with Crippen molar-refractivity contribution in [1.29, 1.82) is 0 Å². The van der Waals surface area contributed by atoms with Gasteiger partial charge in [0.25, 0.3) is 0 Å². The van der Waals surface area contributed by atoms with E-state index in [4.69, 9.17) is 14.2 Å². The first-order valence-electron chi connectivity index (χ1n) is 7.91. The van der Waals surface area contributed by atoms with Gasteiger partial charge in [-0.05, 0) is 30.7 Å². The predicted molar refractivity (Wildman–Crippen MR) is 98.9 cm³/mol. The van der Waals surface area contributed by atoms with Gasteiger partial charge in [-0.25, -0.2) is 4.79 Å². The van der Waals surface area contributed by atoms with Crippen LogP contribution in [-0.4, -0.2) is 32.7 Å². The Morgan fingerprint density at radius 2 is 2.00 bits per heavy atom. The minimum absolute atomic E-state index is 0.0836. The molecule has 0 bridgehead atoms. The van der Waals surface area contributed by atoms with Crippen LogP contribution in [-0.2, 0) is 16.0 Å². The number of ether oxygens (including phenoxy) is 3. The molecule has 0 spiro atoms.